The number of hydrogen-bond acceptors (Lipinski definition) is 5. The van der Waals surface area contributed by atoms with Crippen molar-refractivity contribution in [3.05, 3.63) is 64.2 Å². The second-order valence-corrected chi connectivity index (χ2v) is 12.9. The van der Waals surface area contributed by atoms with E-state index in [9.17, 15) is 14.4 Å². The molecule has 0 heterocycles. The summed E-state index contributed by atoms with van der Waals surface area (Å²) in [6.07, 6.45) is 0.851. The van der Waals surface area contributed by atoms with Gasteiger partial charge in [0.05, 0.1) is 0 Å². The van der Waals surface area contributed by atoms with E-state index in [-0.39, 0.29) is 23.6 Å². The molecule has 226 valence electrons. The largest absolute Gasteiger partial charge is 0.444 e. The summed E-state index contributed by atoms with van der Waals surface area (Å²) in [6, 6.07) is 9.56. The third kappa shape index (κ3) is 10.1. The van der Waals surface area contributed by atoms with Crippen LogP contribution < -0.4 is 10.6 Å². The van der Waals surface area contributed by atoms with E-state index in [0.717, 1.165) is 34.4 Å². The Labute approximate surface area is 252 Å². The van der Waals surface area contributed by atoms with Crippen LogP contribution in [0.15, 0.2) is 36.4 Å². The number of para-hydroxylation sites is 1. The molecule has 2 aromatic rings. The number of nitrogens with zero attached hydrogens (tertiary/aromatic N) is 1. The first-order valence-corrected chi connectivity index (χ1v) is 15.0. The Balaban J connectivity index is 2.66. The van der Waals surface area contributed by atoms with E-state index < -0.39 is 23.8 Å². The van der Waals surface area contributed by atoms with Gasteiger partial charge in [0, 0.05) is 17.5 Å². The number of alkyl carbamates (subject to hydrolysis) is 1. The zero-order chi connectivity index (χ0) is 31.1. The van der Waals surface area contributed by atoms with Gasteiger partial charge in [-0.15, -0.1) is 0 Å². The lowest BCUT2D eigenvalue weighted by Crippen LogP contribution is -2.55. The number of carbonyl (C=O) groups is 3. The van der Waals surface area contributed by atoms with E-state index in [4.69, 9.17) is 4.74 Å². The Kier molecular flexibility index (Phi) is 12.3. The molecule has 0 aliphatic heterocycles. The van der Waals surface area contributed by atoms with Crippen molar-refractivity contribution in [1.82, 2.24) is 10.2 Å². The summed E-state index contributed by atoms with van der Waals surface area (Å²) in [5.74, 6) is -0.239. The lowest BCUT2D eigenvalue weighted by molar-refractivity contribution is -0.143. The van der Waals surface area contributed by atoms with Gasteiger partial charge in [0.2, 0.25) is 5.91 Å². The van der Waals surface area contributed by atoms with Gasteiger partial charge in [0.25, 0.3) is 5.91 Å². The van der Waals surface area contributed by atoms with E-state index in [1.54, 1.807) is 25.7 Å². The molecule has 3 unspecified atom stereocenters. The van der Waals surface area contributed by atoms with Crippen molar-refractivity contribution in [2.24, 2.45) is 5.92 Å². The van der Waals surface area contributed by atoms with Crippen LogP contribution in [-0.2, 0) is 14.3 Å². The molecular formula is C33H49N3O4S. The summed E-state index contributed by atoms with van der Waals surface area (Å²) in [5, 5.41) is 5.83. The van der Waals surface area contributed by atoms with Gasteiger partial charge >= 0.3 is 6.09 Å². The molecule has 2 aromatic carbocycles. The van der Waals surface area contributed by atoms with E-state index in [0.29, 0.717) is 17.9 Å². The third-order valence-corrected chi connectivity index (χ3v) is 7.24. The molecule has 8 heteroatoms. The van der Waals surface area contributed by atoms with E-state index in [1.165, 1.54) is 0 Å². The number of carbonyl (C=O) groups excluding carboxylic acids is 3. The summed E-state index contributed by atoms with van der Waals surface area (Å²) in [7, 11) is 0. The normalized spacial score (nSPS) is 13.8. The average molecular weight is 584 g/mol. The highest BCUT2D eigenvalue weighted by Gasteiger charge is 2.39. The number of hydrogen-bond donors (Lipinski definition) is 3. The Hall–Kier alpha value is -3.00. The number of rotatable bonds is 11. The smallest absolute Gasteiger partial charge is 0.408 e. The molecule has 0 aliphatic carbocycles. The average Bonchev–Trinajstić information content (AvgIpc) is 2.84. The number of anilines is 1. The van der Waals surface area contributed by atoms with Crippen LogP contribution in [0.1, 0.15) is 88.2 Å². The van der Waals surface area contributed by atoms with Gasteiger partial charge in [0.15, 0.2) is 0 Å². The summed E-state index contributed by atoms with van der Waals surface area (Å²) >= 11 is 4.42. The second-order valence-electron chi connectivity index (χ2n) is 12.5. The van der Waals surface area contributed by atoms with Crippen LogP contribution in [0.4, 0.5) is 10.5 Å². The molecular weight excluding hydrogens is 534 g/mol. The number of amides is 3. The van der Waals surface area contributed by atoms with E-state index in [2.05, 4.69) is 37.1 Å². The van der Waals surface area contributed by atoms with Crippen molar-refractivity contribution in [2.45, 2.75) is 106 Å². The maximum atomic E-state index is 14.4. The van der Waals surface area contributed by atoms with Gasteiger partial charge in [-0.2, -0.15) is 12.6 Å². The maximum absolute atomic E-state index is 14.4. The molecule has 2 N–H and O–H groups in total. The predicted octanol–water partition coefficient (Wildman–Crippen LogP) is 7.08. The number of nitrogens with one attached hydrogen (secondary N) is 2. The number of thiol groups is 1. The van der Waals surface area contributed by atoms with E-state index in [1.807, 2.05) is 71.0 Å². The van der Waals surface area contributed by atoms with Gasteiger partial charge in [-0.1, -0.05) is 61.4 Å². The first-order chi connectivity index (χ1) is 19.0. The van der Waals surface area contributed by atoms with Crippen LogP contribution in [0, 0.1) is 33.6 Å². The van der Waals surface area contributed by atoms with Crippen LogP contribution in [0.5, 0.6) is 0 Å². The molecule has 0 saturated heterocycles. The Morgan fingerprint density at radius 1 is 0.927 bits per heavy atom. The molecule has 3 amide bonds. The van der Waals surface area contributed by atoms with Gasteiger partial charge < -0.3 is 20.3 Å². The van der Waals surface area contributed by atoms with Crippen LogP contribution >= 0.6 is 12.6 Å². The quantitative estimate of drug-likeness (QED) is 0.247. The highest BCUT2D eigenvalue weighted by atomic mass is 32.1. The van der Waals surface area contributed by atoms with Gasteiger partial charge in [-0.3, -0.25) is 9.59 Å². The van der Waals surface area contributed by atoms with Crippen molar-refractivity contribution >= 4 is 36.2 Å². The first-order valence-electron chi connectivity index (χ1n) is 14.4. The van der Waals surface area contributed by atoms with Gasteiger partial charge in [-0.05, 0) is 90.8 Å². The van der Waals surface area contributed by atoms with Crippen molar-refractivity contribution in [1.29, 1.82) is 0 Å². The molecule has 0 aliphatic rings. The van der Waals surface area contributed by atoms with Crippen molar-refractivity contribution < 1.29 is 19.1 Å². The summed E-state index contributed by atoms with van der Waals surface area (Å²) < 4.78 is 5.43. The van der Waals surface area contributed by atoms with Crippen LogP contribution in [0.3, 0.4) is 0 Å². The Morgan fingerprint density at radius 3 is 1.98 bits per heavy atom. The molecule has 0 radical (unpaired) electrons. The molecule has 0 fully saturated rings. The highest BCUT2D eigenvalue weighted by Crippen LogP contribution is 2.31. The summed E-state index contributed by atoms with van der Waals surface area (Å²) in [4.78, 5) is 43.0. The summed E-state index contributed by atoms with van der Waals surface area (Å²) in [5.41, 5.74) is 4.56. The Morgan fingerprint density at radius 2 is 1.49 bits per heavy atom. The SMILES string of the molecule is Cc1cc(C)cc(C(C(=O)Nc2c(C)cccc2C)N(C(=O)C(CS)NC(=O)OC(C)(C)C)C(C)CCC(C)C)c1. The zero-order valence-corrected chi connectivity index (χ0v) is 27.3. The van der Waals surface area contributed by atoms with Crippen LogP contribution in [-0.4, -0.2) is 46.2 Å². The standard InChI is InChI=1S/C33H49N3O4S/c1-20(2)14-15-25(7)36(31(38)27(19-41)34-32(39)40-33(8,9)10)29(26-17-21(3)16-22(4)18-26)30(37)35-28-23(5)12-11-13-24(28)6/h11-13,16-18,20,25,27,29,41H,14-15,19H2,1-10H3,(H,34,39)(H,35,37). The zero-order valence-electron chi connectivity index (χ0n) is 26.4. The molecule has 7 nitrogen and oxygen atoms in total. The minimum atomic E-state index is -0.990. The summed E-state index contributed by atoms with van der Waals surface area (Å²) in [6.45, 7) is 19.4. The number of benzene rings is 2. The van der Waals surface area contributed by atoms with Gasteiger partial charge in [-0.25, -0.2) is 4.79 Å². The maximum Gasteiger partial charge on any atom is 0.408 e. The molecule has 2 rings (SSSR count). The highest BCUT2D eigenvalue weighted by molar-refractivity contribution is 7.80. The van der Waals surface area contributed by atoms with Crippen molar-refractivity contribution in [3.8, 4) is 0 Å². The molecule has 0 bridgehead atoms. The fraction of sp³-hybridized carbons (Fsp3) is 0.545. The topological polar surface area (TPSA) is 87.7 Å². The van der Waals surface area contributed by atoms with Crippen LogP contribution in [0.2, 0.25) is 0 Å². The fourth-order valence-electron chi connectivity index (χ4n) is 4.94. The third-order valence-electron chi connectivity index (χ3n) is 6.88. The number of aryl methyl sites for hydroxylation is 4. The number of ether oxygens (including phenoxy) is 1. The predicted molar refractivity (Wildman–Crippen MR) is 171 cm³/mol. The molecule has 3 atom stereocenters. The van der Waals surface area contributed by atoms with Crippen molar-refractivity contribution in [3.63, 3.8) is 0 Å². The molecule has 41 heavy (non-hydrogen) atoms. The van der Waals surface area contributed by atoms with E-state index >= 15 is 0 Å². The minimum Gasteiger partial charge on any atom is -0.444 e. The molecule has 0 aromatic heterocycles. The second kappa shape index (κ2) is 14.8. The lowest BCUT2D eigenvalue weighted by Gasteiger charge is -2.39. The van der Waals surface area contributed by atoms with Crippen molar-refractivity contribution in [2.75, 3.05) is 11.1 Å². The van der Waals surface area contributed by atoms with Gasteiger partial charge in [0.1, 0.15) is 17.7 Å². The fourth-order valence-corrected chi connectivity index (χ4v) is 5.18. The minimum absolute atomic E-state index is 0.0452. The molecule has 0 spiro atoms. The van der Waals surface area contributed by atoms with Crippen LogP contribution in [0.25, 0.3) is 0 Å². The first kappa shape index (κ1) is 34.2. The molecule has 0 saturated carbocycles. The monoisotopic (exact) mass is 583 g/mol. The lowest BCUT2D eigenvalue weighted by atomic mass is 9.95. The Bertz CT molecular complexity index is 1180.